The third kappa shape index (κ3) is 7.93. The minimum atomic E-state index is -0.456. The van der Waals surface area contributed by atoms with Crippen LogP contribution in [0.2, 0.25) is 0 Å². The number of amides is 1. The van der Waals surface area contributed by atoms with Gasteiger partial charge < -0.3 is 10.1 Å². The SMILES string of the molecule is C=CC(=CC)CC(CCC)NC(=O)OC(C)(C)C. The third-order valence-electron chi connectivity index (χ3n) is 2.47. The van der Waals surface area contributed by atoms with Gasteiger partial charge in [-0.2, -0.15) is 0 Å². The van der Waals surface area contributed by atoms with Crippen molar-refractivity contribution in [3.63, 3.8) is 0 Å². The van der Waals surface area contributed by atoms with Crippen molar-refractivity contribution < 1.29 is 9.53 Å². The maximum absolute atomic E-state index is 11.7. The van der Waals surface area contributed by atoms with E-state index >= 15 is 0 Å². The number of hydrogen-bond donors (Lipinski definition) is 1. The lowest BCUT2D eigenvalue weighted by Gasteiger charge is -2.23. The summed E-state index contributed by atoms with van der Waals surface area (Å²) in [4.78, 5) is 11.7. The highest BCUT2D eigenvalue weighted by Crippen LogP contribution is 2.13. The zero-order valence-electron chi connectivity index (χ0n) is 12.4. The molecule has 1 atom stereocenters. The lowest BCUT2D eigenvalue weighted by Crippen LogP contribution is -2.39. The number of nitrogens with one attached hydrogen (secondary N) is 1. The van der Waals surface area contributed by atoms with Gasteiger partial charge in [0.15, 0.2) is 0 Å². The second-order valence-electron chi connectivity index (χ2n) is 5.40. The second kappa shape index (κ2) is 7.96. The Morgan fingerprint density at radius 3 is 2.44 bits per heavy atom. The predicted octanol–water partition coefficient (Wildman–Crippen LogP) is 4.20. The van der Waals surface area contributed by atoms with Crippen LogP contribution in [0.15, 0.2) is 24.3 Å². The molecule has 0 aromatic rings. The van der Waals surface area contributed by atoms with Crippen LogP contribution in [-0.4, -0.2) is 17.7 Å². The molecule has 0 aromatic carbocycles. The molecule has 0 aliphatic heterocycles. The van der Waals surface area contributed by atoms with Crippen LogP contribution >= 0.6 is 0 Å². The summed E-state index contributed by atoms with van der Waals surface area (Å²) in [7, 11) is 0. The lowest BCUT2D eigenvalue weighted by molar-refractivity contribution is 0.0502. The van der Waals surface area contributed by atoms with Gasteiger partial charge in [-0.25, -0.2) is 4.79 Å². The topological polar surface area (TPSA) is 38.3 Å². The highest BCUT2D eigenvalue weighted by atomic mass is 16.6. The van der Waals surface area contributed by atoms with E-state index in [2.05, 4.69) is 18.8 Å². The molecule has 1 unspecified atom stereocenters. The first-order chi connectivity index (χ1) is 8.32. The van der Waals surface area contributed by atoms with Crippen molar-refractivity contribution in [3.05, 3.63) is 24.3 Å². The molecule has 104 valence electrons. The Labute approximate surface area is 111 Å². The molecule has 0 saturated heterocycles. The Kier molecular flexibility index (Phi) is 7.41. The maximum Gasteiger partial charge on any atom is 0.407 e. The summed E-state index contributed by atoms with van der Waals surface area (Å²) >= 11 is 0. The van der Waals surface area contributed by atoms with Gasteiger partial charge in [-0.3, -0.25) is 0 Å². The van der Waals surface area contributed by atoms with E-state index in [1.165, 1.54) is 0 Å². The normalized spacial score (nSPS) is 13.9. The fraction of sp³-hybridized carbons (Fsp3) is 0.667. The van der Waals surface area contributed by atoms with Gasteiger partial charge in [0.05, 0.1) is 0 Å². The molecule has 3 heteroatoms. The first kappa shape index (κ1) is 16.8. The van der Waals surface area contributed by atoms with Gasteiger partial charge in [0, 0.05) is 6.04 Å². The van der Waals surface area contributed by atoms with E-state index in [0.29, 0.717) is 0 Å². The van der Waals surface area contributed by atoms with Gasteiger partial charge in [-0.1, -0.05) is 37.6 Å². The van der Waals surface area contributed by atoms with Crippen LogP contribution in [0.25, 0.3) is 0 Å². The molecular formula is C15H27NO2. The van der Waals surface area contributed by atoms with E-state index in [1.54, 1.807) is 0 Å². The number of hydrogen-bond acceptors (Lipinski definition) is 2. The van der Waals surface area contributed by atoms with Crippen molar-refractivity contribution in [2.24, 2.45) is 0 Å². The average molecular weight is 253 g/mol. The van der Waals surface area contributed by atoms with Gasteiger partial charge in [0.2, 0.25) is 0 Å². The van der Waals surface area contributed by atoms with Crippen LogP contribution in [0.5, 0.6) is 0 Å². The average Bonchev–Trinajstić information content (AvgIpc) is 2.23. The van der Waals surface area contributed by atoms with Crippen molar-refractivity contribution in [2.75, 3.05) is 0 Å². The van der Waals surface area contributed by atoms with Gasteiger partial charge in [0.25, 0.3) is 0 Å². The van der Waals surface area contributed by atoms with Gasteiger partial charge in [0.1, 0.15) is 5.60 Å². The third-order valence-corrected chi connectivity index (χ3v) is 2.47. The molecule has 0 saturated carbocycles. The summed E-state index contributed by atoms with van der Waals surface area (Å²) in [6.07, 6.45) is 6.26. The number of alkyl carbamates (subject to hydrolysis) is 1. The molecule has 0 heterocycles. The maximum atomic E-state index is 11.7. The molecule has 18 heavy (non-hydrogen) atoms. The summed E-state index contributed by atoms with van der Waals surface area (Å²) in [6, 6.07) is 0.106. The Balaban J connectivity index is 4.44. The fourth-order valence-corrected chi connectivity index (χ4v) is 1.65. The molecule has 0 aliphatic carbocycles. The molecule has 0 rings (SSSR count). The fourth-order valence-electron chi connectivity index (χ4n) is 1.65. The van der Waals surface area contributed by atoms with E-state index < -0.39 is 5.60 Å². The molecular weight excluding hydrogens is 226 g/mol. The summed E-state index contributed by atoms with van der Waals surface area (Å²) in [5, 5.41) is 2.92. The summed E-state index contributed by atoms with van der Waals surface area (Å²) in [5.74, 6) is 0. The van der Waals surface area contributed by atoms with Gasteiger partial charge in [-0.05, 0) is 40.5 Å². The Hall–Kier alpha value is -1.25. The molecule has 0 bridgehead atoms. The van der Waals surface area contributed by atoms with Crippen LogP contribution in [0.1, 0.15) is 53.9 Å². The number of rotatable bonds is 6. The van der Waals surface area contributed by atoms with Crippen LogP contribution in [-0.2, 0) is 4.74 Å². The second-order valence-corrected chi connectivity index (χ2v) is 5.40. The van der Waals surface area contributed by atoms with Gasteiger partial charge >= 0.3 is 6.09 Å². The zero-order valence-corrected chi connectivity index (χ0v) is 12.4. The van der Waals surface area contributed by atoms with Crippen LogP contribution in [0, 0.1) is 0 Å². The minimum absolute atomic E-state index is 0.106. The quantitative estimate of drug-likeness (QED) is 0.720. The summed E-state index contributed by atoms with van der Waals surface area (Å²) < 4.78 is 5.27. The largest absolute Gasteiger partial charge is 0.444 e. The highest BCUT2D eigenvalue weighted by molar-refractivity contribution is 5.68. The van der Waals surface area contributed by atoms with Gasteiger partial charge in [-0.15, -0.1) is 0 Å². The molecule has 3 nitrogen and oxygen atoms in total. The van der Waals surface area contributed by atoms with E-state index in [4.69, 9.17) is 4.74 Å². The number of carbonyl (C=O) groups excluding carboxylic acids is 1. The predicted molar refractivity (Wildman–Crippen MR) is 76.6 cm³/mol. The first-order valence-electron chi connectivity index (χ1n) is 6.59. The molecule has 1 N–H and O–H groups in total. The molecule has 0 aromatic heterocycles. The molecule has 0 aliphatic rings. The van der Waals surface area contributed by atoms with E-state index in [1.807, 2.05) is 39.8 Å². The van der Waals surface area contributed by atoms with E-state index in [0.717, 1.165) is 24.8 Å². The number of carbonyl (C=O) groups is 1. The lowest BCUT2D eigenvalue weighted by atomic mass is 10.0. The van der Waals surface area contributed by atoms with Crippen molar-refractivity contribution >= 4 is 6.09 Å². The van der Waals surface area contributed by atoms with Crippen molar-refractivity contribution in [3.8, 4) is 0 Å². The molecule has 1 amide bonds. The number of allylic oxidation sites excluding steroid dienone is 2. The Morgan fingerprint density at radius 1 is 1.44 bits per heavy atom. The molecule has 0 fully saturated rings. The summed E-state index contributed by atoms with van der Waals surface area (Å²) in [6.45, 7) is 13.4. The van der Waals surface area contributed by atoms with Crippen LogP contribution < -0.4 is 5.32 Å². The first-order valence-corrected chi connectivity index (χ1v) is 6.59. The Morgan fingerprint density at radius 2 is 2.06 bits per heavy atom. The monoisotopic (exact) mass is 253 g/mol. The van der Waals surface area contributed by atoms with E-state index in [-0.39, 0.29) is 12.1 Å². The summed E-state index contributed by atoms with van der Waals surface area (Å²) in [5.41, 5.74) is 0.687. The van der Waals surface area contributed by atoms with Crippen molar-refractivity contribution in [2.45, 2.75) is 65.5 Å². The molecule has 0 radical (unpaired) electrons. The van der Waals surface area contributed by atoms with Crippen LogP contribution in [0.4, 0.5) is 4.79 Å². The highest BCUT2D eigenvalue weighted by Gasteiger charge is 2.19. The zero-order chi connectivity index (χ0) is 14.2. The smallest absolute Gasteiger partial charge is 0.407 e. The molecule has 0 spiro atoms. The van der Waals surface area contributed by atoms with Crippen LogP contribution in [0.3, 0.4) is 0 Å². The van der Waals surface area contributed by atoms with Crippen molar-refractivity contribution in [1.82, 2.24) is 5.32 Å². The van der Waals surface area contributed by atoms with Crippen molar-refractivity contribution in [1.29, 1.82) is 0 Å². The Bertz CT molecular complexity index is 300. The number of ether oxygens (including phenoxy) is 1. The van der Waals surface area contributed by atoms with E-state index in [9.17, 15) is 4.79 Å². The minimum Gasteiger partial charge on any atom is -0.444 e. The standard InChI is InChI=1S/C15H27NO2/c1-7-10-13(11-12(8-2)9-3)16-14(17)18-15(4,5)6/h8-9,13H,2,7,10-11H2,1,3-6H3,(H,16,17).